The highest BCUT2D eigenvalue weighted by molar-refractivity contribution is 7.16. The molecule has 0 bridgehead atoms. The number of thiophene rings is 1. The van der Waals surface area contributed by atoms with Crippen molar-refractivity contribution in [1.82, 2.24) is 4.98 Å². The molecule has 21 heavy (non-hydrogen) atoms. The first-order valence-electron chi connectivity index (χ1n) is 6.57. The van der Waals surface area contributed by atoms with E-state index in [-0.39, 0.29) is 5.91 Å². The molecule has 0 aliphatic heterocycles. The maximum atomic E-state index is 12.0. The quantitative estimate of drug-likeness (QED) is 0.777. The van der Waals surface area contributed by atoms with Crippen molar-refractivity contribution < 1.29 is 4.79 Å². The van der Waals surface area contributed by atoms with Crippen molar-refractivity contribution >= 4 is 33.7 Å². The molecule has 1 N–H and O–H groups in total. The van der Waals surface area contributed by atoms with Gasteiger partial charge in [-0.2, -0.15) is 0 Å². The van der Waals surface area contributed by atoms with Crippen LogP contribution in [0.25, 0.3) is 11.3 Å². The Balaban J connectivity index is 1.74. The number of rotatable bonds is 4. The Morgan fingerprint density at radius 2 is 2.00 bits per heavy atom. The van der Waals surface area contributed by atoms with Crippen molar-refractivity contribution in [2.45, 2.75) is 13.3 Å². The summed E-state index contributed by atoms with van der Waals surface area (Å²) in [5.41, 5.74) is 2.01. The molecule has 3 rings (SSSR count). The number of anilines is 1. The van der Waals surface area contributed by atoms with Gasteiger partial charge in [-0.25, -0.2) is 4.98 Å². The Morgan fingerprint density at radius 1 is 1.19 bits per heavy atom. The molecule has 3 nitrogen and oxygen atoms in total. The van der Waals surface area contributed by atoms with Crippen LogP contribution in [0.4, 0.5) is 5.13 Å². The number of carbonyl (C=O) groups excluding carboxylic acids is 1. The van der Waals surface area contributed by atoms with Crippen LogP contribution in [0, 0.1) is 6.92 Å². The zero-order chi connectivity index (χ0) is 14.7. The summed E-state index contributed by atoms with van der Waals surface area (Å²) in [4.78, 5) is 18.7. The minimum absolute atomic E-state index is 0.0224. The Bertz CT molecular complexity index is 733. The third-order valence-electron chi connectivity index (χ3n) is 3.01. The second-order valence-corrected chi connectivity index (χ2v) is 6.83. The number of amides is 1. The van der Waals surface area contributed by atoms with E-state index in [0.29, 0.717) is 11.6 Å². The average Bonchev–Trinajstić information content (AvgIpc) is 3.09. The predicted molar refractivity (Wildman–Crippen MR) is 88.9 cm³/mol. The van der Waals surface area contributed by atoms with Crippen LogP contribution in [0.3, 0.4) is 0 Å². The number of carbonyl (C=O) groups is 1. The van der Waals surface area contributed by atoms with Gasteiger partial charge in [0.1, 0.15) is 0 Å². The van der Waals surface area contributed by atoms with E-state index < -0.39 is 0 Å². The van der Waals surface area contributed by atoms with Gasteiger partial charge in [-0.15, -0.1) is 22.7 Å². The fourth-order valence-electron chi connectivity index (χ4n) is 2.05. The van der Waals surface area contributed by atoms with E-state index in [1.165, 1.54) is 11.3 Å². The summed E-state index contributed by atoms with van der Waals surface area (Å²) in [6.07, 6.45) is 0.400. The van der Waals surface area contributed by atoms with Crippen molar-refractivity contribution in [2.24, 2.45) is 0 Å². The van der Waals surface area contributed by atoms with Crippen molar-refractivity contribution in [2.75, 3.05) is 5.32 Å². The molecule has 2 aromatic heterocycles. The zero-order valence-corrected chi connectivity index (χ0v) is 13.1. The molecule has 1 amide bonds. The second-order valence-electron chi connectivity index (χ2n) is 4.59. The van der Waals surface area contributed by atoms with Crippen LogP contribution < -0.4 is 5.32 Å². The van der Waals surface area contributed by atoms with Crippen LogP contribution in [0.15, 0.2) is 47.8 Å². The molecule has 0 aliphatic rings. The van der Waals surface area contributed by atoms with E-state index in [1.54, 1.807) is 11.3 Å². The van der Waals surface area contributed by atoms with E-state index in [2.05, 4.69) is 10.3 Å². The van der Waals surface area contributed by atoms with Crippen LogP contribution in [-0.2, 0) is 11.2 Å². The van der Waals surface area contributed by atoms with Gasteiger partial charge >= 0.3 is 0 Å². The maximum Gasteiger partial charge on any atom is 0.231 e. The predicted octanol–water partition coefficient (Wildman–Crippen LogP) is 4.36. The van der Waals surface area contributed by atoms with E-state index in [9.17, 15) is 4.79 Å². The summed E-state index contributed by atoms with van der Waals surface area (Å²) in [5, 5.41) is 5.52. The average molecular weight is 314 g/mol. The number of hydrogen-bond donors (Lipinski definition) is 1. The number of nitrogens with one attached hydrogen (secondary N) is 1. The molecule has 3 aromatic rings. The SMILES string of the molecule is Cc1sc(NC(=O)Cc2cccs2)nc1-c1ccccc1. The first-order valence-corrected chi connectivity index (χ1v) is 8.27. The van der Waals surface area contributed by atoms with Crippen molar-refractivity contribution in [3.63, 3.8) is 0 Å². The lowest BCUT2D eigenvalue weighted by Gasteiger charge is -1.99. The lowest BCUT2D eigenvalue weighted by molar-refractivity contribution is -0.115. The van der Waals surface area contributed by atoms with Gasteiger partial charge in [0.2, 0.25) is 5.91 Å². The molecule has 2 heterocycles. The summed E-state index contributed by atoms with van der Waals surface area (Å²) in [5.74, 6) is -0.0224. The third-order valence-corrected chi connectivity index (χ3v) is 4.77. The highest BCUT2D eigenvalue weighted by Gasteiger charge is 2.12. The molecule has 0 unspecified atom stereocenters. The number of benzene rings is 1. The van der Waals surface area contributed by atoms with Crippen molar-refractivity contribution in [3.05, 3.63) is 57.6 Å². The van der Waals surface area contributed by atoms with Gasteiger partial charge in [-0.05, 0) is 18.4 Å². The van der Waals surface area contributed by atoms with Gasteiger partial charge in [0, 0.05) is 15.3 Å². The number of aromatic nitrogens is 1. The summed E-state index contributed by atoms with van der Waals surface area (Å²) in [7, 11) is 0. The standard InChI is InChI=1S/C16H14N2OS2/c1-11-15(12-6-3-2-4-7-12)18-16(21-11)17-14(19)10-13-8-5-9-20-13/h2-9H,10H2,1H3,(H,17,18,19). The molecule has 0 saturated carbocycles. The van der Waals surface area contributed by atoms with Crippen LogP contribution in [-0.4, -0.2) is 10.9 Å². The van der Waals surface area contributed by atoms with Gasteiger partial charge < -0.3 is 5.32 Å². The van der Waals surface area contributed by atoms with Gasteiger partial charge in [0.25, 0.3) is 0 Å². The van der Waals surface area contributed by atoms with Gasteiger partial charge in [-0.1, -0.05) is 36.4 Å². The number of nitrogens with zero attached hydrogens (tertiary/aromatic N) is 1. The molecular weight excluding hydrogens is 300 g/mol. The normalized spacial score (nSPS) is 10.5. The van der Waals surface area contributed by atoms with E-state index in [0.717, 1.165) is 21.0 Å². The molecule has 0 aliphatic carbocycles. The van der Waals surface area contributed by atoms with E-state index in [1.807, 2.05) is 54.8 Å². The monoisotopic (exact) mass is 314 g/mol. The highest BCUT2D eigenvalue weighted by atomic mass is 32.1. The van der Waals surface area contributed by atoms with Gasteiger partial charge in [-0.3, -0.25) is 4.79 Å². The lowest BCUT2D eigenvalue weighted by Crippen LogP contribution is -2.13. The van der Waals surface area contributed by atoms with Crippen molar-refractivity contribution in [3.8, 4) is 11.3 Å². The Labute approximate surface area is 131 Å². The van der Waals surface area contributed by atoms with E-state index in [4.69, 9.17) is 0 Å². The largest absolute Gasteiger partial charge is 0.302 e. The number of thiazole rings is 1. The van der Waals surface area contributed by atoms with Crippen LogP contribution in [0.5, 0.6) is 0 Å². The summed E-state index contributed by atoms with van der Waals surface area (Å²) >= 11 is 3.10. The molecule has 0 atom stereocenters. The topological polar surface area (TPSA) is 42.0 Å². The smallest absolute Gasteiger partial charge is 0.231 e. The molecule has 0 saturated heterocycles. The first-order chi connectivity index (χ1) is 10.2. The Morgan fingerprint density at radius 3 is 2.71 bits per heavy atom. The van der Waals surface area contributed by atoms with Gasteiger partial charge in [0.15, 0.2) is 5.13 Å². The molecular formula is C16H14N2OS2. The van der Waals surface area contributed by atoms with Crippen LogP contribution in [0.2, 0.25) is 0 Å². The van der Waals surface area contributed by atoms with Crippen LogP contribution in [0.1, 0.15) is 9.75 Å². The van der Waals surface area contributed by atoms with Gasteiger partial charge in [0.05, 0.1) is 12.1 Å². The Kier molecular flexibility index (Phi) is 4.13. The molecule has 0 radical (unpaired) electrons. The maximum absolute atomic E-state index is 12.0. The molecule has 0 spiro atoms. The highest BCUT2D eigenvalue weighted by Crippen LogP contribution is 2.30. The van der Waals surface area contributed by atoms with Crippen molar-refractivity contribution in [1.29, 1.82) is 0 Å². The molecule has 106 valence electrons. The number of aryl methyl sites for hydroxylation is 1. The summed E-state index contributed by atoms with van der Waals surface area (Å²) in [6, 6.07) is 13.9. The minimum atomic E-state index is -0.0224. The fourth-order valence-corrected chi connectivity index (χ4v) is 3.60. The summed E-state index contributed by atoms with van der Waals surface area (Å²) in [6.45, 7) is 2.02. The molecule has 1 aromatic carbocycles. The first kappa shape index (κ1) is 14.0. The zero-order valence-electron chi connectivity index (χ0n) is 11.5. The fraction of sp³-hybridized carbons (Fsp3) is 0.125. The molecule has 5 heteroatoms. The Hall–Kier alpha value is -1.98. The molecule has 0 fully saturated rings. The minimum Gasteiger partial charge on any atom is -0.302 e. The lowest BCUT2D eigenvalue weighted by atomic mass is 10.1. The number of hydrogen-bond acceptors (Lipinski definition) is 4. The van der Waals surface area contributed by atoms with Crippen LogP contribution >= 0.6 is 22.7 Å². The van der Waals surface area contributed by atoms with E-state index >= 15 is 0 Å². The summed E-state index contributed by atoms with van der Waals surface area (Å²) < 4.78 is 0. The third kappa shape index (κ3) is 3.37. The second kappa shape index (κ2) is 6.20.